The van der Waals surface area contributed by atoms with Gasteiger partial charge in [0.15, 0.2) is 0 Å². The number of amides is 1. The molecule has 2 aromatic carbocycles. The van der Waals surface area contributed by atoms with E-state index in [1.54, 1.807) is 18.3 Å². The van der Waals surface area contributed by atoms with Crippen molar-refractivity contribution in [1.82, 2.24) is 14.8 Å². The summed E-state index contributed by atoms with van der Waals surface area (Å²) in [5.41, 5.74) is 3.36. The van der Waals surface area contributed by atoms with Crippen LogP contribution in [0.2, 0.25) is 5.02 Å². The van der Waals surface area contributed by atoms with Crippen LogP contribution in [0.5, 0.6) is 0 Å². The molecule has 6 nitrogen and oxygen atoms in total. The van der Waals surface area contributed by atoms with Crippen LogP contribution in [0.1, 0.15) is 51.2 Å². The molecule has 1 amide bonds. The molecule has 4 aromatic rings. The van der Waals surface area contributed by atoms with Crippen LogP contribution in [0.3, 0.4) is 0 Å². The lowest BCUT2D eigenvalue weighted by molar-refractivity contribution is -0.0108. The van der Waals surface area contributed by atoms with Gasteiger partial charge in [-0.2, -0.15) is 0 Å². The highest BCUT2D eigenvalue weighted by Gasteiger charge is 2.40. The molecule has 1 fully saturated rings. The number of hydrogen-bond donors (Lipinski definition) is 2. The molecule has 1 unspecified atom stereocenters. The number of aryl methyl sites for hydroxylation is 2. The number of fused-ring (bicyclic) bond motifs is 1. The summed E-state index contributed by atoms with van der Waals surface area (Å²) < 4.78 is 2.47. The van der Waals surface area contributed by atoms with E-state index in [0.29, 0.717) is 22.8 Å². The number of nitrogens with one attached hydrogen (secondary N) is 1. The van der Waals surface area contributed by atoms with Gasteiger partial charge in [-0.15, -0.1) is 11.3 Å². The quantitative estimate of drug-likeness (QED) is 0.325. The van der Waals surface area contributed by atoms with Crippen molar-refractivity contribution in [3.63, 3.8) is 0 Å². The fourth-order valence-corrected chi connectivity index (χ4v) is 7.04. The van der Waals surface area contributed by atoms with Crippen molar-refractivity contribution in [2.45, 2.75) is 44.8 Å². The number of aliphatic hydroxyl groups excluding tert-OH is 1. The van der Waals surface area contributed by atoms with Crippen LogP contribution in [0.4, 0.5) is 0 Å². The van der Waals surface area contributed by atoms with Crippen molar-refractivity contribution >= 4 is 39.1 Å². The Morgan fingerprint density at radius 1 is 1.13 bits per heavy atom. The maximum absolute atomic E-state index is 13.5. The monoisotopic (exact) mass is 549 g/mol. The largest absolute Gasteiger partial charge is 0.394 e. The van der Waals surface area contributed by atoms with Crippen molar-refractivity contribution in [2.75, 3.05) is 13.2 Å². The molecule has 2 aromatic heterocycles. The summed E-state index contributed by atoms with van der Waals surface area (Å²) >= 11 is 7.41. The third kappa shape index (κ3) is 4.92. The first-order valence-electron chi connectivity index (χ1n) is 12.9. The lowest BCUT2D eigenvalue weighted by Gasteiger charge is -2.46. The van der Waals surface area contributed by atoms with Gasteiger partial charge in [-0.1, -0.05) is 54.1 Å². The molecule has 1 atom stereocenters. The molecule has 3 heterocycles. The first kappa shape index (κ1) is 26.6. The Morgan fingerprint density at radius 3 is 2.58 bits per heavy atom. The Bertz CT molecular complexity index is 1510. The maximum atomic E-state index is 13.5. The van der Waals surface area contributed by atoms with Gasteiger partial charge in [0.05, 0.1) is 22.4 Å². The molecule has 198 valence electrons. The number of thiophene rings is 1. The molecule has 8 heteroatoms. The van der Waals surface area contributed by atoms with Gasteiger partial charge in [0.2, 0.25) is 5.43 Å². The average Bonchev–Trinajstić information content (AvgIpc) is 3.27. The minimum Gasteiger partial charge on any atom is -0.394 e. The van der Waals surface area contributed by atoms with Gasteiger partial charge >= 0.3 is 0 Å². The van der Waals surface area contributed by atoms with Crippen LogP contribution >= 0.6 is 22.9 Å². The number of nitrogens with zero attached hydrogens (tertiary/aromatic N) is 2. The Labute approximate surface area is 231 Å². The van der Waals surface area contributed by atoms with Crippen molar-refractivity contribution in [3.8, 4) is 0 Å². The van der Waals surface area contributed by atoms with Gasteiger partial charge in [0.25, 0.3) is 5.91 Å². The van der Waals surface area contributed by atoms with Crippen LogP contribution in [0.25, 0.3) is 10.2 Å². The van der Waals surface area contributed by atoms with Gasteiger partial charge in [-0.3, -0.25) is 14.5 Å². The summed E-state index contributed by atoms with van der Waals surface area (Å²) in [6.07, 6.45) is 4.65. The van der Waals surface area contributed by atoms with E-state index < -0.39 is 11.4 Å². The second-order valence-electron chi connectivity index (χ2n) is 10.1. The average molecular weight is 550 g/mol. The predicted molar refractivity (Wildman–Crippen MR) is 154 cm³/mol. The molecule has 0 aliphatic carbocycles. The zero-order valence-corrected chi connectivity index (χ0v) is 23.2. The van der Waals surface area contributed by atoms with E-state index >= 15 is 0 Å². The van der Waals surface area contributed by atoms with Crippen LogP contribution in [-0.2, 0) is 25.7 Å². The lowest BCUT2D eigenvalue weighted by Crippen LogP contribution is -2.51. The number of likely N-dealkylation sites (tertiary alicyclic amines) is 1. The second kappa shape index (κ2) is 11.0. The molecule has 1 aliphatic rings. The summed E-state index contributed by atoms with van der Waals surface area (Å²) in [5.74, 6) is -0.394. The molecule has 0 saturated carbocycles. The summed E-state index contributed by atoms with van der Waals surface area (Å²) in [6, 6.07) is 17.5. The third-order valence-corrected chi connectivity index (χ3v) is 9.25. The van der Waals surface area contributed by atoms with E-state index in [-0.39, 0.29) is 17.6 Å². The van der Waals surface area contributed by atoms with Gasteiger partial charge in [0.1, 0.15) is 5.56 Å². The maximum Gasteiger partial charge on any atom is 0.257 e. The van der Waals surface area contributed by atoms with E-state index in [9.17, 15) is 14.7 Å². The van der Waals surface area contributed by atoms with Gasteiger partial charge in [-0.25, -0.2) is 0 Å². The van der Waals surface area contributed by atoms with Crippen molar-refractivity contribution in [3.05, 3.63) is 103 Å². The summed E-state index contributed by atoms with van der Waals surface area (Å²) in [5, 5.41) is 14.1. The number of benzene rings is 2. The fourth-order valence-electron chi connectivity index (χ4n) is 5.60. The molecule has 2 N–H and O–H groups in total. The van der Waals surface area contributed by atoms with Crippen LogP contribution in [-0.4, -0.2) is 33.6 Å². The van der Waals surface area contributed by atoms with E-state index in [1.807, 2.05) is 48.9 Å². The highest BCUT2D eigenvalue weighted by molar-refractivity contribution is 7.19. The number of carbonyl (C=O) groups excluding carboxylic acids is 1. The van der Waals surface area contributed by atoms with E-state index in [4.69, 9.17) is 11.6 Å². The second-order valence-corrected chi connectivity index (χ2v) is 11.6. The molecule has 1 saturated heterocycles. The predicted octanol–water partition coefficient (Wildman–Crippen LogP) is 5.37. The van der Waals surface area contributed by atoms with E-state index in [1.165, 1.54) is 11.3 Å². The minimum absolute atomic E-state index is 0.0411. The van der Waals surface area contributed by atoms with E-state index in [2.05, 4.69) is 22.3 Å². The zero-order valence-electron chi connectivity index (χ0n) is 21.7. The van der Waals surface area contributed by atoms with Crippen molar-refractivity contribution in [1.29, 1.82) is 0 Å². The summed E-state index contributed by atoms with van der Waals surface area (Å²) in [7, 11) is 1.88. The summed E-state index contributed by atoms with van der Waals surface area (Å²) in [4.78, 5) is 30.0. The molecule has 0 radical (unpaired) electrons. The molecule has 0 bridgehead atoms. The number of aliphatic hydroxyl groups is 1. The number of carbonyl (C=O) groups is 1. The third-order valence-electron chi connectivity index (χ3n) is 7.73. The Morgan fingerprint density at radius 2 is 1.87 bits per heavy atom. The number of aromatic nitrogens is 1. The molecule has 38 heavy (non-hydrogen) atoms. The Balaban J connectivity index is 1.45. The Hall–Kier alpha value is -2.97. The van der Waals surface area contributed by atoms with Crippen LogP contribution in [0, 0.1) is 6.92 Å². The highest BCUT2D eigenvalue weighted by Crippen LogP contribution is 2.40. The van der Waals surface area contributed by atoms with Crippen LogP contribution in [0.15, 0.2) is 65.6 Å². The Kier molecular flexibility index (Phi) is 7.73. The normalized spacial score (nSPS) is 18.1. The number of rotatable bonds is 7. The first-order valence-corrected chi connectivity index (χ1v) is 14.1. The molecule has 5 rings (SSSR count). The highest BCUT2D eigenvalue weighted by atomic mass is 35.5. The first-order chi connectivity index (χ1) is 18.3. The van der Waals surface area contributed by atoms with E-state index in [0.717, 1.165) is 52.9 Å². The number of hydrogen-bond acceptors (Lipinski definition) is 5. The minimum atomic E-state index is -0.447. The zero-order chi connectivity index (χ0) is 26.9. The molecule has 0 spiro atoms. The topological polar surface area (TPSA) is 74.6 Å². The van der Waals surface area contributed by atoms with Crippen LogP contribution < -0.4 is 10.7 Å². The van der Waals surface area contributed by atoms with Crippen molar-refractivity contribution < 1.29 is 9.90 Å². The molecular formula is C30H32ClN3O3S. The number of halogens is 1. The number of piperidine rings is 1. The van der Waals surface area contributed by atoms with Gasteiger partial charge in [0, 0.05) is 36.2 Å². The van der Waals surface area contributed by atoms with Crippen molar-refractivity contribution in [2.24, 2.45) is 7.05 Å². The van der Waals surface area contributed by atoms with Gasteiger partial charge < -0.3 is 15.0 Å². The fraction of sp³-hybridized carbons (Fsp3) is 0.333. The smallest absolute Gasteiger partial charge is 0.257 e. The molecule has 1 aliphatic heterocycles. The summed E-state index contributed by atoms with van der Waals surface area (Å²) in [6.45, 7) is 3.90. The standard InChI is InChI=1S/C30H32ClN3O3S/c1-20-25(18-34-15-7-6-14-30(34,19-35)22-8-4-3-5-9-22)38-28-26(20)33(2)17-24(27(28)36)29(37)32-16-21-10-12-23(31)13-11-21/h3-5,8-13,17,35H,6-7,14-16,18-19H2,1-2H3,(H,32,37). The lowest BCUT2D eigenvalue weighted by atomic mass is 9.81. The molecular weight excluding hydrogens is 518 g/mol. The van der Waals surface area contributed by atoms with Gasteiger partial charge in [-0.05, 0) is 61.6 Å². The number of pyridine rings is 1. The SMILES string of the molecule is Cc1c(CN2CCCCC2(CO)c2ccccc2)sc2c(=O)c(C(=O)NCc3ccc(Cl)cc3)cn(C)c12.